The van der Waals surface area contributed by atoms with Crippen LogP contribution in [0.25, 0.3) is 32.3 Å². The fourth-order valence-electron chi connectivity index (χ4n) is 3.29. The molecular formula is C19H14N2. The molecule has 4 rings (SSSR count). The van der Waals surface area contributed by atoms with Gasteiger partial charge in [0.15, 0.2) is 0 Å². The summed E-state index contributed by atoms with van der Waals surface area (Å²) in [7, 11) is 0. The standard InChI is InChI=1S/C19H14N2/c20-11-10-17(21)15-8-6-14-5-4-12-2-1-3-13-7-9-16(15)19(14)18(12)13/h1-9,17H,10,21H2/t17-/m1/s1. The van der Waals surface area contributed by atoms with Crippen molar-refractivity contribution in [2.24, 2.45) is 5.73 Å². The van der Waals surface area contributed by atoms with Crippen LogP contribution in [-0.2, 0) is 0 Å². The first-order valence-electron chi connectivity index (χ1n) is 7.08. The first kappa shape index (κ1) is 12.1. The smallest absolute Gasteiger partial charge is 0.0641 e. The lowest BCUT2D eigenvalue weighted by Crippen LogP contribution is -2.09. The monoisotopic (exact) mass is 270 g/mol. The lowest BCUT2D eigenvalue weighted by molar-refractivity contribution is 0.755. The summed E-state index contributed by atoms with van der Waals surface area (Å²) in [5.41, 5.74) is 7.24. The minimum atomic E-state index is -0.237. The number of hydrogen-bond donors (Lipinski definition) is 1. The van der Waals surface area contributed by atoms with Gasteiger partial charge < -0.3 is 5.73 Å². The molecule has 0 heterocycles. The van der Waals surface area contributed by atoms with Crippen LogP contribution in [0.1, 0.15) is 18.0 Å². The Kier molecular flexibility index (Phi) is 2.57. The zero-order chi connectivity index (χ0) is 14.4. The van der Waals surface area contributed by atoms with Crippen LogP contribution in [-0.4, -0.2) is 0 Å². The summed E-state index contributed by atoms with van der Waals surface area (Å²) in [4.78, 5) is 0. The summed E-state index contributed by atoms with van der Waals surface area (Å²) < 4.78 is 0. The number of nitriles is 1. The molecular weight excluding hydrogens is 256 g/mol. The molecule has 4 aromatic rings. The van der Waals surface area contributed by atoms with Crippen molar-refractivity contribution in [1.82, 2.24) is 0 Å². The Hall–Kier alpha value is -2.63. The Balaban J connectivity index is 2.18. The normalized spacial score (nSPS) is 13.0. The van der Waals surface area contributed by atoms with E-state index in [9.17, 15) is 0 Å². The maximum absolute atomic E-state index is 8.91. The summed E-state index contributed by atoms with van der Waals surface area (Å²) >= 11 is 0. The molecule has 2 heteroatoms. The van der Waals surface area contributed by atoms with Crippen LogP contribution >= 0.6 is 0 Å². The van der Waals surface area contributed by atoms with E-state index in [-0.39, 0.29) is 6.04 Å². The molecule has 0 aromatic heterocycles. The second kappa shape index (κ2) is 4.44. The summed E-state index contributed by atoms with van der Waals surface area (Å²) in [6.07, 6.45) is 0.337. The van der Waals surface area contributed by atoms with E-state index in [2.05, 4.69) is 60.7 Å². The van der Waals surface area contributed by atoms with E-state index in [1.807, 2.05) is 0 Å². The summed E-state index contributed by atoms with van der Waals surface area (Å²) in [6.45, 7) is 0. The van der Waals surface area contributed by atoms with E-state index < -0.39 is 0 Å². The number of rotatable bonds is 2. The molecule has 0 aliphatic carbocycles. The molecule has 2 nitrogen and oxygen atoms in total. The molecule has 0 aliphatic rings. The van der Waals surface area contributed by atoms with E-state index in [4.69, 9.17) is 11.0 Å². The Morgan fingerprint density at radius 3 is 2.19 bits per heavy atom. The van der Waals surface area contributed by atoms with Crippen molar-refractivity contribution in [3.63, 3.8) is 0 Å². The van der Waals surface area contributed by atoms with Crippen molar-refractivity contribution in [3.05, 3.63) is 60.2 Å². The van der Waals surface area contributed by atoms with Gasteiger partial charge in [0, 0.05) is 6.04 Å². The van der Waals surface area contributed by atoms with Gasteiger partial charge in [0.25, 0.3) is 0 Å². The van der Waals surface area contributed by atoms with Crippen molar-refractivity contribution in [2.45, 2.75) is 12.5 Å². The van der Waals surface area contributed by atoms with Gasteiger partial charge in [-0.25, -0.2) is 0 Å². The lowest BCUT2D eigenvalue weighted by atomic mass is 9.89. The second-order valence-corrected chi connectivity index (χ2v) is 5.48. The zero-order valence-electron chi connectivity index (χ0n) is 11.5. The first-order valence-corrected chi connectivity index (χ1v) is 7.08. The molecule has 0 saturated heterocycles. The molecule has 0 radical (unpaired) electrons. The Morgan fingerprint density at radius 1 is 0.857 bits per heavy atom. The van der Waals surface area contributed by atoms with Crippen molar-refractivity contribution >= 4 is 32.3 Å². The minimum Gasteiger partial charge on any atom is -0.323 e. The molecule has 0 bridgehead atoms. The van der Waals surface area contributed by atoms with E-state index in [0.717, 1.165) is 5.56 Å². The summed E-state index contributed by atoms with van der Waals surface area (Å²) in [6, 6.07) is 21.1. The molecule has 1 atom stereocenters. The predicted molar refractivity (Wildman–Crippen MR) is 87.3 cm³/mol. The van der Waals surface area contributed by atoms with Crippen molar-refractivity contribution in [1.29, 1.82) is 5.26 Å². The fraction of sp³-hybridized carbons (Fsp3) is 0.105. The van der Waals surface area contributed by atoms with Gasteiger partial charge in [-0.15, -0.1) is 0 Å². The number of benzene rings is 4. The molecule has 0 amide bonds. The maximum Gasteiger partial charge on any atom is 0.0641 e. The number of hydrogen-bond acceptors (Lipinski definition) is 2. The topological polar surface area (TPSA) is 49.8 Å². The van der Waals surface area contributed by atoms with Crippen LogP contribution in [0.2, 0.25) is 0 Å². The highest BCUT2D eigenvalue weighted by atomic mass is 14.6. The molecule has 0 saturated carbocycles. The molecule has 21 heavy (non-hydrogen) atoms. The van der Waals surface area contributed by atoms with E-state index >= 15 is 0 Å². The van der Waals surface area contributed by atoms with Gasteiger partial charge in [-0.1, -0.05) is 54.6 Å². The molecule has 2 N–H and O–H groups in total. The SMILES string of the molecule is N#CC[C@@H](N)c1ccc2ccc3cccc4ccc1c2c34. The fourth-order valence-corrected chi connectivity index (χ4v) is 3.29. The predicted octanol–water partition coefficient (Wildman–Crippen LogP) is 4.50. The highest BCUT2D eigenvalue weighted by molar-refractivity contribution is 6.23. The summed E-state index contributed by atoms with van der Waals surface area (Å²) in [5, 5.41) is 16.3. The van der Waals surface area contributed by atoms with Crippen molar-refractivity contribution in [2.75, 3.05) is 0 Å². The van der Waals surface area contributed by atoms with Crippen LogP contribution in [0.5, 0.6) is 0 Å². The zero-order valence-corrected chi connectivity index (χ0v) is 11.5. The molecule has 0 aliphatic heterocycles. The van der Waals surface area contributed by atoms with Gasteiger partial charge in [0.2, 0.25) is 0 Å². The highest BCUT2D eigenvalue weighted by Gasteiger charge is 2.14. The largest absolute Gasteiger partial charge is 0.323 e. The second-order valence-electron chi connectivity index (χ2n) is 5.48. The van der Waals surface area contributed by atoms with Gasteiger partial charge in [0.05, 0.1) is 12.5 Å². The van der Waals surface area contributed by atoms with E-state index in [1.54, 1.807) is 0 Å². The van der Waals surface area contributed by atoms with Crippen LogP contribution in [0.3, 0.4) is 0 Å². The van der Waals surface area contributed by atoms with Gasteiger partial charge in [-0.3, -0.25) is 0 Å². The van der Waals surface area contributed by atoms with Gasteiger partial charge in [-0.2, -0.15) is 5.26 Å². The summed E-state index contributed by atoms with van der Waals surface area (Å²) in [5.74, 6) is 0. The lowest BCUT2D eigenvalue weighted by Gasteiger charge is -2.16. The first-order chi connectivity index (χ1) is 10.3. The quantitative estimate of drug-likeness (QED) is 0.545. The molecule has 0 fully saturated rings. The number of nitrogens with zero attached hydrogens (tertiary/aromatic N) is 1. The van der Waals surface area contributed by atoms with E-state index in [1.165, 1.54) is 32.3 Å². The third-order valence-corrected chi connectivity index (χ3v) is 4.27. The molecule has 0 unspecified atom stereocenters. The van der Waals surface area contributed by atoms with Crippen LogP contribution < -0.4 is 5.73 Å². The molecule has 4 aromatic carbocycles. The third kappa shape index (κ3) is 1.68. The van der Waals surface area contributed by atoms with Gasteiger partial charge in [-0.05, 0) is 37.9 Å². The number of nitrogens with two attached hydrogens (primary N) is 1. The van der Waals surface area contributed by atoms with Crippen LogP contribution in [0.15, 0.2) is 54.6 Å². The van der Waals surface area contributed by atoms with Crippen LogP contribution in [0.4, 0.5) is 0 Å². The Bertz CT molecular complexity index is 979. The average Bonchev–Trinajstić information content (AvgIpc) is 2.52. The van der Waals surface area contributed by atoms with Gasteiger partial charge >= 0.3 is 0 Å². The molecule has 0 spiro atoms. The minimum absolute atomic E-state index is 0.237. The van der Waals surface area contributed by atoms with Crippen molar-refractivity contribution in [3.8, 4) is 6.07 Å². The highest BCUT2D eigenvalue weighted by Crippen LogP contribution is 2.37. The average molecular weight is 270 g/mol. The Morgan fingerprint density at radius 2 is 1.48 bits per heavy atom. The van der Waals surface area contributed by atoms with Crippen LogP contribution in [0, 0.1) is 11.3 Å². The third-order valence-electron chi connectivity index (χ3n) is 4.27. The Labute approximate surface area is 122 Å². The molecule has 100 valence electrons. The van der Waals surface area contributed by atoms with E-state index in [0.29, 0.717) is 6.42 Å². The maximum atomic E-state index is 8.91. The van der Waals surface area contributed by atoms with Crippen molar-refractivity contribution < 1.29 is 0 Å². The van der Waals surface area contributed by atoms with Gasteiger partial charge in [0.1, 0.15) is 0 Å².